The maximum Gasteiger partial charge on any atom is 0.293 e. The molecular weight excluding hydrogens is 472 g/mol. The van der Waals surface area contributed by atoms with Gasteiger partial charge in [-0.3, -0.25) is 14.5 Å². The second-order valence-corrected chi connectivity index (χ2v) is 9.60. The summed E-state index contributed by atoms with van der Waals surface area (Å²) in [5, 5.41) is -0.229. The summed E-state index contributed by atoms with van der Waals surface area (Å²) in [7, 11) is 0. The second kappa shape index (κ2) is 8.52. The predicted molar refractivity (Wildman–Crippen MR) is 130 cm³/mol. The van der Waals surface area contributed by atoms with Gasteiger partial charge in [-0.05, 0) is 86.0 Å². The van der Waals surface area contributed by atoms with Crippen molar-refractivity contribution in [2.45, 2.75) is 34.2 Å². The van der Waals surface area contributed by atoms with E-state index in [1.165, 1.54) is 16.0 Å². The molecule has 2 aromatic carbocycles. The zero-order valence-electron chi connectivity index (χ0n) is 17.9. The summed E-state index contributed by atoms with van der Waals surface area (Å²) < 4.78 is 3.30. The summed E-state index contributed by atoms with van der Waals surface area (Å²) >= 11 is 4.64. The Morgan fingerprint density at radius 2 is 1.61 bits per heavy atom. The highest BCUT2D eigenvalue weighted by atomic mass is 79.9. The van der Waals surface area contributed by atoms with Crippen LogP contribution in [0.3, 0.4) is 0 Å². The maximum absolute atomic E-state index is 12.9. The second-order valence-electron chi connectivity index (χ2n) is 7.81. The van der Waals surface area contributed by atoms with Crippen LogP contribution in [0.4, 0.5) is 4.79 Å². The summed E-state index contributed by atoms with van der Waals surface area (Å²) in [4.78, 5) is 27.2. The lowest BCUT2D eigenvalue weighted by Crippen LogP contribution is -2.27. The van der Waals surface area contributed by atoms with Crippen LogP contribution in [0.25, 0.3) is 11.8 Å². The minimum Gasteiger partial charge on any atom is -0.318 e. The van der Waals surface area contributed by atoms with Gasteiger partial charge in [0.2, 0.25) is 0 Å². The molecule has 0 bridgehead atoms. The van der Waals surface area contributed by atoms with Crippen molar-refractivity contribution in [1.29, 1.82) is 0 Å². The summed E-state index contributed by atoms with van der Waals surface area (Å²) in [6, 6.07) is 15.9. The lowest BCUT2D eigenvalue weighted by molar-refractivity contribution is -0.123. The van der Waals surface area contributed by atoms with Gasteiger partial charge in [0.05, 0.1) is 11.4 Å². The van der Waals surface area contributed by atoms with E-state index >= 15 is 0 Å². The third-order valence-corrected chi connectivity index (χ3v) is 7.65. The first kappa shape index (κ1) is 21.7. The largest absolute Gasteiger partial charge is 0.318 e. The van der Waals surface area contributed by atoms with Crippen LogP contribution in [-0.4, -0.2) is 20.6 Å². The standard InChI is InChI=1S/C25H23BrN2O2S/c1-15-10-21(11-16(2)23(15)26)28-17(3)12-20(18(28)4)13-22-24(29)27(25(30)31-22)14-19-8-6-5-7-9-19/h5-13H,14H2,1-4H3/b22-13-. The molecule has 4 rings (SSSR count). The van der Waals surface area contributed by atoms with Gasteiger partial charge in [-0.15, -0.1) is 0 Å². The number of amides is 2. The highest BCUT2D eigenvalue weighted by Crippen LogP contribution is 2.35. The molecule has 0 spiro atoms. The molecule has 1 aliphatic rings. The monoisotopic (exact) mass is 494 g/mol. The Balaban J connectivity index is 1.66. The molecule has 31 heavy (non-hydrogen) atoms. The molecule has 158 valence electrons. The minimum atomic E-state index is -0.237. The smallest absolute Gasteiger partial charge is 0.293 e. The van der Waals surface area contributed by atoms with E-state index in [1.54, 1.807) is 0 Å². The Kier molecular flexibility index (Phi) is 5.95. The van der Waals surface area contributed by atoms with Gasteiger partial charge in [0.15, 0.2) is 0 Å². The van der Waals surface area contributed by atoms with E-state index in [0.717, 1.165) is 44.4 Å². The molecule has 6 heteroatoms. The van der Waals surface area contributed by atoms with Gasteiger partial charge in [0.25, 0.3) is 11.1 Å². The highest BCUT2D eigenvalue weighted by molar-refractivity contribution is 9.10. The molecule has 0 N–H and O–H groups in total. The fourth-order valence-corrected chi connectivity index (χ4v) is 4.98. The van der Waals surface area contributed by atoms with Gasteiger partial charge in [-0.1, -0.05) is 46.3 Å². The molecule has 0 saturated carbocycles. The average molecular weight is 495 g/mol. The summed E-state index contributed by atoms with van der Waals surface area (Å²) in [6.45, 7) is 8.55. The molecule has 2 heterocycles. The minimum absolute atomic E-state index is 0.229. The Labute approximate surface area is 195 Å². The van der Waals surface area contributed by atoms with Crippen LogP contribution < -0.4 is 0 Å². The van der Waals surface area contributed by atoms with Crippen molar-refractivity contribution in [3.63, 3.8) is 0 Å². The Bertz CT molecular complexity index is 1200. The zero-order chi connectivity index (χ0) is 22.3. The molecule has 1 aliphatic heterocycles. The number of carbonyl (C=O) groups excluding carboxylic acids is 2. The third kappa shape index (κ3) is 4.14. The van der Waals surface area contributed by atoms with E-state index in [9.17, 15) is 9.59 Å². The normalized spacial score (nSPS) is 15.4. The number of carbonyl (C=O) groups is 2. The van der Waals surface area contributed by atoms with Crippen LogP contribution in [0.2, 0.25) is 0 Å². The van der Waals surface area contributed by atoms with Crippen molar-refractivity contribution in [3.05, 3.63) is 91.6 Å². The highest BCUT2D eigenvalue weighted by Gasteiger charge is 2.35. The van der Waals surface area contributed by atoms with Gasteiger partial charge in [0, 0.05) is 21.5 Å². The topological polar surface area (TPSA) is 42.3 Å². The SMILES string of the molecule is Cc1cc(-n2c(C)cc(/C=C3\SC(=O)N(Cc4ccccc4)C3=O)c2C)cc(C)c1Br. The Morgan fingerprint density at radius 3 is 2.26 bits per heavy atom. The summed E-state index contributed by atoms with van der Waals surface area (Å²) in [5.74, 6) is -0.237. The van der Waals surface area contributed by atoms with Crippen LogP contribution in [0.1, 0.15) is 33.6 Å². The van der Waals surface area contributed by atoms with E-state index in [2.05, 4.69) is 59.5 Å². The van der Waals surface area contributed by atoms with Gasteiger partial charge in [-0.25, -0.2) is 0 Å². The number of aromatic nitrogens is 1. The van der Waals surface area contributed by atoms with Gasteiger partial charge in [0.1, 0.15) is 0 Å². The van der Waals surface area contributed by atoms with Crippen LogP contribution in [0.15, 0.2) is 57.9 Å². The van der Waals surface area contributed by atoms with E-state index in [0.29, 0.717) is 11.4 Å². The number of nitrogens with zero attached hydrogens (tertiary/aromatic N) is 2. The fourth-order valence-electron chi connectivity index (χ4n) is 3.93. The van der Waals surface area contributed by atoms with Gasteiger partial charge < -0.3 is 4.57 Å². The van der Waals surface area contributed by atoms with Crippen molar-refractivity contribution >= 4 is 44.9 Å². The maximum atomic E-state index is 12.9. The quantitative estimate of drug-likeness (QED) is 0.378. The molecule has 4 nitrogen and oxygen atoms in total. The lowest BCUT2D eigenvalue weighted by Gasteiger charge is -2.13. The summed E-state index contributed by atoms with van der Waals surface area (Å²) in [6.07, 6.45) is 1.84. The van der Waals surface area contributed by atoms with Gasteiger partial charge in [-0.2, -0.15) is 0 Å². The molecule has 3 aromatic rings. The van der Waals surface area contributed by atoms with Crippen LogP contribution >= 0.6 is 27.7 Å². The van der Waals surface area contributed by atoms with Crippen molar-refractivity contribution in [1.82, 2.24) is 9.47 Å². The molecule has 0 radical (unpaired) electrons. The molecular formula is C25H23BrN2O2S. The van der Waals surface area contributed by atoms with Crippen molar-refractivity contribution in [2.75, 3.05) is 0 Å². The van der Waals surface area contributed by atoms with Crippen molar-refractivity contribution < 1.29 is 9.59 Å². The molecule has 0 atom stereocenters. The molecule has 1 fully saturated rings. The number of rotatable bonds is 4. The van der Waals surface area contributed by atoms with Crippen LogP contribution in [0, 0.1) is 27.7 Å². The average Bonchev–Trinajstić information content (AvgIpc) is 3.16. The van der Waals surface area contributed by atoms with E-state index in [1.807, 2.05) is 43.3 Å². The molecule has 1 aromatic heterocycles. The number of imide groups is 1. The number of hydrogen-bond donors (Lipinski definition) is 0. The molecule has 0 unspecified atom stereocenters. The number of benzene rings is 2. The third-order valence-electron chi connectivity index (χ3n) is 5.49. The Morgan fingerprint density at radius 1 is 0.968 bits per heavy atom. The van der Waals surface area contributed by atoms with E-state index in [-0.39, 0.29) is 11.1 Å². The molecule has 1 saturated heterocycles. The zero-order valence-corrected chi connectivity index (χ0v) is 20.3. The predicted octanol–water partition coefficient (Wildman–Crippen LogP) is 6.71. The summed E-state index contributed by atoms with van der Waals surface area (Å²) in [5.41, 5.74) is 7.43. The van der Waals surface area contributed by atoms with E-state index in [4.69, 9.17) is 0 Å². The first-order valence-electron chi connectivity index (χ1n) is 10.0. The first-order valence-corrected chi connectivity index (χ1v) is 11.6. The number of hydrogen-bond acceptors (Lipinski definition) is 3. The van der Waals surface area contributed by atoms with Crippen molar-refractivity contribution in [2.24, 2.45) is 0 Å². The van der Waals surface area contributed by atoms with Crippen LogP contribution in [-0.2, 0) is 11.3 Å². The number of aryl methyl sites for hydroxylation is 3. The molecule has 0 aliphatic carbocycles. The number of halogens is 1. The number of thioether (sulfide) groups is 1. The molecule has 2 amide bonds. The Hall–Kier alpha value is -2.57. The van der Waals surface area contributed by atoms with E-state index < -0.39 is 0 Å². The van der Waals surface area contributed by atoms with Crippen molar-refractivity contribution in [3.8, 4) is 5.69 Å². The van der Waals surface area contributed by atoms with Gasteiger partial charge >= 0.3 is 0 Å². The first-order chi connectivity index (χ1) is 14.8. The lowest BCUT2D eigenvalue weighted by atomic mass is 10.1. The fraction of sp³-hybridized carbons (Fsp3) is 0.200. The van der Waals surface area contributed by atoms with Crippen LogP contribution in [0.5, 0.6) is 0 Å².